The highest BCUT2D eigenvalue weighted by Gasteiger charge is 2.18. The number of ether oxygens (including phenoxy) is 1. The number of hydrogen-bond acceptors (Lipinski definition) is 5. The van der Waals surface area contributed by atoms with Gasteiger partial charge in [-0.15, -0.1) is 0 Å². The first kappa shape index (κ1) is 14.3. The van der Waals surface area contributed by atoms with Gasteiger partial charge >= 0.3 is 0 Å². The molecule has 2 rings (SSSR count). The summed E-state index contributed by atoms with van der Waals surface area (Å²) in [5.74, 6) is 0.763. The lowest BCUT2D eigenvalue weighted by atomic mass is 10.3. The van der Waals surface area contributed by atoms with E-state index in [2.05, 4.69) is 4.98 Å². The second kappa shape index (κ2) is 5.48. The summed E-state index contributed by atoms with van der Waals surface area (Å²) in [5, 5.41) is 0. The minimum atomic E-state index is -3.53. The third-order valence-corrected chi connectivity index (χ3v) is 4.44. The van der Waals surface area contributed by atoms with Crippen molar-refractivity contribution < 1.29 is 13.2 Å². The Morgan fingerprint density at radius 2 is 2.00 bits per heavy atom. The topological polar surface area (TPSA) is 85.5 Å². The number of aromatic nitrogens is 1. The van der Waals surface area contributed by atoms with Gasteiger partial charge in [0.05, 0.1) is 16.8 Å². The van der Waals surface area contributed by atoms with E-state index in [1.165, 1.54) is 38.5 Å². The second-order valence-electron chi connectivity index (χ2n) is 4.28. The molecule has 106 valence electrons. The van der Waals surface area contributed by atoms with E-state index in [9.17, 15) is 8.42 Å². The minimum Gasteiger partial charge on any atom is -0.454 e. The van der Waals surface area contributed by atoms with Crippen LogP contribution >= 0.6 is 0 Å². The van der Waals surface area contributed by atoms with Crippen LogP contribution in [-0.4, -0.2) is 31.8 Å². The molecule has 0 radical (unpaired) electrons. The predicted octanol–water partition coefficient (Wildman–Crippen LogP) is 1.71. The van der Waals surface area contributed by atoms with Crippen molar-refractivity contribution in [3.8, 4) is 11.5 Å². The molecule has 0 spiro atoms. The zero-order valence-electron chi connectivity index (χ0n) is 11.1. The number of hydrogen-bond donors (Lipinski definition) is 1. The van der Waals surface area contributed by atoms with Crippen LogP contribution in [0, 0.1) is 0 Å². The standard InChI is InChI=1S/C13H15N3O3S/c1-16(2)20(17,18)11-5-6-12(14)13(8-11)19-10-4-3-7-15-9-10/h3-9H,14H2,1-2H3. The lowest BCUT2D eigenvalue weighted by Gasteiger charge is -2.14. The zero-order valence-corrected chi connectivity index (χ0v) is 12.0. The van der Waals surface area contributed by atoms with Crippen LogP contribution < -0.4 is 10.5 Å². The Morgan fingerprint density at radius 3 is 2.60 bits per heavy atom. The summed E-state index contributed by atoms with van der Waals surface area (Å²) in [5.41, 5.74) is 6.16. The van der Waals surface area contributed by atoms with Crippen molar-refractivity contribution in [3.05, 3.63) is 42.7 Å². The van der Waals surface area contributed by atoms with Crippen LogP contribution in [0.3, 0.4) is 0 Å². The third-order valence-electron chi connectivity index (χ3n) is 2.63. The maximum Gasteiger partial charge on any atom is 0.242 e. The summed E-state index contributed by atoms with van der Waals surface area (Å²) in [6.07, 6.45) is 3.13. The van der Waals surface area contributed by atoms with Crippen molar-refractivity contribution >= 4 is 15.7 Å². The molecule has 2 aromatic rings. The summed E-state index contributed by atoms with van der Waals surface area (Å²) in [4.78, 5) is 4.04. The average Bonchev–Trinajstić information content (AvgIpc) is 2.42. The van der Waals surface area contributed by atoms with Crippen molar-refractivity contribution in [2.45, 2.75) is 4.90 Å². The van der Waals surface area contributed by atoms with Crippen LogP contribution in [0.15, 0.2) is 47.6 Å². The summed E-state index contributed by atoms with van der Waals surface area (Å²) in [7, 11) is -0.595. The lowest BCUT2D eigenvalue weighted by Crippen LogP contribution is -2.22. The maximum absolute atomic E-state index is 12.1. The van der Waals surface area contributed by atoms with E-state index in [1.807, 2.05) is 0 Å². The number of nitrogen functional groups attached to an aromatic ring is 1. The van der Waals surface area contributed by atoms with Crippen molar-refractivity contribution in [3.63, 3.8) is 0 Å². The fourth-order valence-corrected chi connectivity index (χ4v) is 2.43. The van der Waals surface area contributed by atoms with E-state index >= 15 is 0 Å². The van der Waals surface area contributed by atoms with Crippen LogP contribution in [0.2, 0.25) is 0 Å². The first-order chi connectivity index (χ1) is 9.41. The van der Waals surface area contributed by atoms with Gasteiger partial charge in [0.25, 0.3) is 0 Å². The van der Waals surface area contributed by atoms with Gasteiger partial charge in [0.15, 0.2) is 5.75 Å². The first-order valence-electron chi connectivity index (χ1n) is 5.81. The molecule has 1 heterocycles. The van der Waals surface area contributed by atoms with E-state index in [1.54, 1.807) is 18.3 Å². The molecule has 0 aliphatic carbocycles. The van der Waals surface area contributed by atoms with Gasteiger partial charge in [-0.25, -0.2) is 12.7 Å². The number of benzene rings is 1. The van der Waals surface area contributed by atoms with Gasteiger partial charge in [-0.05, 0) is 24.3 Å². The van der Waals surface area contributed by atoms with Crippen molar-refractivity contribution in [1.82, 2.24) is 9.29 Å². The minimum absolute atomic E-state index is 0.121. The predicted molar refractivity (Wildman–Crippen MR) is 76.0 cm³/mol. The molecule has 1 aromatic heterocycles. The molecule has 0 aliphatic heterocycles. The Morgan fingerprint density at radius 1 is 1.25 bits per heavy atom. The van der Waals surface area contributed by atoms with Gasteiger partial charge in [0.1, 0.15) is 5.75 Å². The Hall–Kier alpha value is -2.12. The summed E-state index contributed by atoms with van der Waals surface area (Å²) in [6, 6.07) is 7.77. The van der Waals surface area contributed by atoms with Crippen molar-refractivity contribution in [1.29, 1.82) is 0 Å². The Kier molecular flexibility index (Phi) is 3.91. The molecular formula is C13H15N3O3S. The molecular weight excluding hydrogens is 278 g/mol. The molecule has 6 nitrogen and oxygen atoms in total. The molecule has 0 aliphatic rings. The molecule has 0 unspecified atom stereocenters. The molecule has 0 saturated heterocycles. The number of sulfonamides is 1. The van der Waals surface area contributed by atoms with E-state index in [-0.39, 0.29) is 10.6 Å². The van der Waals surface area contributed by atoms with Gasteiger partial charge in [0.2, 0.25) is 10.0 Å². The molecule has 0 bridgehead atoms. The van der Waals surface area contributed by atoms with E-state index < -0.39 is 10.0 Å². The molecule has 2 N–H and O–H groups in total. The molecule has 7 heteroatoms. The number of rotatable bonds is 4. The Balaban J connectivity index is 2.40. The number of anilines is 1. The van der Waals surface area contributed by atoms with Crippen LogP contribution in [0.25, 0.3) is 0 Å². The van der Waals surface area contributed by atoms with Gasteiger partial charge < -0.3 is 10.5 Å². The fourth-order valence-electron chi connectivity index (χ4n) is 1.51. The molecule has 1 aromatic carbocycles. The SMILES string of the molecule is CN(C)S(=O)(=O)c1ccc(N)c(Oc2cccnc2)c1. The number of nitrogens with zero attached hydrogens (tertiary/aromatic N) is 2. The molecule has 20 heavy (non-hydrogen) atoms. The summed E-state index contributed by atoms with van der Waals surface area (Å²) in [6.45, 7) is 0. The highest BCUT2D eigenvalue weighted by Crippen LogP contribution is 2.30. The van der Waals surface area contributed by atoms with E-state index in [0.29, 0.717) is 11.4 Å². The molecule has 0 saturated carbocycles. The molecule has 0 fully saturated rings. The van der Waals surface area contributed by atoms with Gasteiger partial charge in [-0.2, -0.15) is 0 Å². The smallest absolute Gasteiger partial charge is 0.242 e. The Labute approximate surface area is 117 Å². The second-order valence-corrected chi connectivity index (χ2v) is 6.43. The van der Waals surface area contributed by atoms with Gasteiger partial charge in [-0.1, -0.05) is 0 Å². The lowest BCUT2D eigenvalue weighted by molar-refractivity contribution is 0.479. The number of nitrogens with two attached hydrogens (primary N) is 1. The molecule has 0 atom stereocenters. The van der Waals surface area contributed by atoms with Crippen LogP contribution in [0.4, 0.5) is 5.69 Å². The summed E-state index contributed by atoms with van der Waals surface area (Å²) < 4.78 is 30.8. The quantitative estimate of drug-likeness (QED) is 0.867. The average molecular weight is 293 g/mol. The largest absolute Gasteiger partial charge is 0.454 e. The summed E-state index contributed by atoms with van der Waals surface area (Å²) >= 11 is 0. The Bertz CT molecular complexity index is 700. The van der Waals surface area contributed by atoms with Crippen molar-refractivity contribution in [2.24, 2.45) is 0 Å². The highest BCUT2D eigenvalue weighted by atomic mass is 32.2. The van der Waals surface area contributed by atoms with E-state index in [4.69, 9.17) is 10.5 Å². The maximum atomic E-state index is 12.1. The third kappa shape index (κ3) is 2.89. The van der Waals surface area contributed by atoms with Crippen LogP contribution in [0.5, 0.6) is 11.5 Å². The van der Waals surface area contributed by atoms with Gasteiger partial charge in [0, 0.05) is 26.4 Å². The fraction of sp³-hybridized carbons (Fsp3) is 0.154. The van der Waals surface area contributed by atoms with E-state index in [0.717, 1.165) is 4.31 Å². The first-order valence-corrected chi connectivity index (χ1v) is 7.25. The van der Waals surface area contributed by atoms with Crippen LogP contribution in [0.1, 0.15) is 0 Å². The van der Waals surface area contributed by atoms with Gasteiger partial charge in [-0.3, -0.25) is 4.98 Å². The number of pyridine rings is 1. The zero-order chi connectivity index (χ0) is 14.8. The van der Waals surface area contributed by atoms with Crippen LogP contribution in [-0.2, 0) is 10.0 Å². The molecule has 0 amide bonds. The normalized spacial score (nSPS) is 11.6. The van der Waals surface area contributed by atoms with Crippen molar-refractivity contribution in [2.75, 3.05) is 19.8 Å². The monoisotopic (exact) mass is 293 g/mol. The highest BCUT2D eigenvalue weighted by molar-refractivity contribution is 7.89.